The summed E-state index contributed by atoms with van der Waals surface area (Å²) < 4.78 is 10.5. The molecular formula is C21H28N3O4+. The van der Waals surface area contributed by atoms with Crippen LogP contribution in [0.25, 0.3) is 0 Å². The Kier molecular flexibility index (Phi) is 8.30. The summed E-state index contributed by atoms with van der Waals surface area (Å²) in [5.41, 5.74) is 1.23. The van der Waals surface area contributed by atoms with Gasteiger partial charge in [-0.3, -0.25) is 9.59 Å². The van der Waals surface area contributed by atoms with Crippen LogP contribution in [-0.4, -0.2) is 45.7 Å². The van der Waals surface area contributed by atoms with Crippen molar-refractivity contribution in [2.24, 2.45) is 0 Å². The molecule has 0 fully saturated rings. The second-order valence-electron chi connectivity index (χ2n) is 6.35. The molecule has 0 aliphatic heterocycles. The fourth-order valence-electron chi connectivity index (χ4n) is 2.93. The Morgan fingerprint density at radius 2 is 1.25 bits per heavy atom. The van der Waals surface area contributed by atoms with Crippen molar-refractivity contribution in [2.75, 3.05) is 44.5 Å². The van der Waals surface area contributed by atoms with Gasteiger partial charge in [0.05, 0.1) is 32.1 Å². The van der Waals surface area contributed by atoms with Crippen LogP contribution in [0.4, 0.5) is 11.4 Å². The second-order valence-corrected chi connectivity index (χ2v) is 6.35. The maximum absolute atomic E-state index is 12.5. The Hall–Kier alpha value is -3.06. The van der Waals surface area contributed by atoms with Gasteiger partial charge >= 0.3 is 0 Å². The minimum atomic E-state index is -0.168. The van der Waals surface area contributed by atoms with Crippen LogP contribution in [0.15, 0.2) is 48.5 Å². The van der Waals surface area contributed by atoms with E-state index in [1.807, 2.05) is 31.2 Å². The maximum atomic E-state index is 12.5. The number of para-hydroxylation sites is 4. The lowest BCUT2D eigenvalue weighted by molar-refractivity contribution is -0.883. The molecule has 28 heavy (non-hydrogen) atoms. The first kappa shape index (κ1) is 21.2. The van der Waals surface area contributed by atoms with E-state index < -0.39 is 0 Å². The molecule has 7 heteroatoms. The normalized spacial score (nSPS) is 10.4. The highest BCUT2D eigenvalue weighted by Gasteiger charge is 2.19. The first-order chi connectivity index (χ1) is 13.6. The quantitative estimate of drug-likeness (QED) is 0.579. The highest BCUT2D eigenvalue weighted by atomic mass is 16.5. The molecule has 0 aromatic heterocycles. The number of amides is 2. The van der Waals surface area contributed by atoms with Crippen molar-refractivity contribution < 1.29 is 24.0 Å². The van der Waals surface area contributed by atoms with Crippen LogP contribution in [0, 0.1) is 0 Å². The molecule has 0 unspecified atom stereocenters. The lowest BCUT2D eigenvalue weighted by atomic mass is 10.2. The molecule has 2 aromatic carbocycles. The zero-order chi connectivity index (χ0) is 20.4. The fourth-order valence-corrected chi connectivity index (χ4v) is 2.93. The van der Waals surface area contributed by atoms with Gasteiger partial charge in [-0.25, -0.2) is 0 Å². The van der Waals surface area contributed by atoms with Crippen molar-refractivity contribution >= 4 is 23.2 Å². The molecule has 0 spiro atoms. The third-order valence-electron chi connectivity index (χ3n) is 4.19. The number of carbonyl (C=O) groups is 2. The molecule has 0 heterocycles. The molecule has 2 amide bonds. The Morgan fingerprint density at radius 1 is 0.821 bits per heavy atom. The number of hydrogen-bond acceptors (Lipinski definition) is 4. The van der Waals surface area contributed by atoms with E-state index in [-0.39, 0.29) is 24.9 Å². The van der Waals surface area contributed by atoms with Crippen molar-refractivity contribution in [3.63, 3.8) is 0 Å². The molecular weight excluding hydrogens is 358 g/mol. The van der Waals surface area contributed by atoms with E-state index >= 15 is 0 Å². The number of ether oxygens (including phenoxy) is 2. The minimum absolute atomic E-state index is 0.168. The predicted octanol–water partition coefficient (Wildman–Crippen LogP) is 1.58. The Bertz CT molecular complexity index is 731. The highest BCUT2D eigenvalue weighted by molar-refractivity contribution is 5.94. The first-order valence-corrected chi connectivity index (χ1v) is 9.26. The number of anilines is 2. The molecule has 150 valence electrons. The summed E-state index contributed by atoms with van der Waals surface area (Å²) in [5.74, 6) is 0.861. The van der Waals surface area contributed by atoms with E-state index in [1.165, 1.54) is 0 Å². The summed E-state index contributed by atoms with van der Waals surface area (Å²) in [7, 11) is 3.11. The van der Waals surface area contributed by atoms with E-state index in [2.05, 4.69) is 10.6 Å². The van der Waals surface area contributed by atoms with Crippen LogP contribution in [0.5, 0.6) is 11.5 Å². The van der Waals surface area contributed by atoms with Crippen LogP contribution in [0.2, 0.25) is 0 Å². The zero-order valence-corrected chi connectivity index (χ0v) is 16.6. The average Bonchev–Trinajstić information content (AvgIpc) is 2.68. The van der Waals surface area contributed by atoms with Gasteiger partial charge in [-0.15, -0.1) is 0 Å². The molecule has 7 nitrogen and oxygen atoms in total. The number of nitrogens with one attached hydrogen (secondary N) is 3. The third-order valence-corrected chi connectivity index (χ3v) is 4.19. The maximum Gasteiger partial charge on any atom is 0.279 e. The summed E-state index contributed by atoms with van der Waals surface area (Å²) in [5, 5.41) is 5.71. The molecule has 2 aromatic rings. The van der Waals surface area contributed by atoms with Crippen molar-refractivity contribution in [3.05, 3.63) is 48.5 Å². The SMILES string of the molecule is CCC[NH+](CC(=O)Nc1ccccc1OC)CC(=O)Nc1ccccc1OC. The number of methoxy groups -OCH3 is 2. The minimum Gasteiger partial charge on any atom is -0.495 e. The second kappa shape index (κ2) is 10.9. The van der Waals surface area contributed by atoms with Gasteiger partial charge in [-0.2, -0.15) is 0 Å². The van der Waals surface area contributed by atoms with E-state index in [1.54, 1.807) is 38.5 Å². The topological polar surface area (TPSA) is 81.1 Å². The Balaban J connectivity index is 1.96. The van der Waals surface area contributed by atoms with Crippen LogP contribution in [0.1, 0.15) is 13.3 Å². The van der Waals surface area contributed by atoms with Gasteiger partial charge < -0.3 is 25.0 Å². The third kappa shape index (κ3) is 6.28. The van der Waals surface area contributed by atoms with E-state index in [0.29, 0.717) is 29.4 Å². The molecule has 3 N–H and O–H groups in total. The van der Waals surface area contributed by atoms with Crippen LogP contribution in [-0.2, 0) is 9.59 Å². The standard InChI is InChI=1S/C21H27N3O4/c1-4-13-24(14-20(25)22-16-9-5-7-11-18(16)27-2)15-21(26)23-17-10-6-8-12-19(17)28-3/h5-12H,4,13-15H2,1-3H3,(H,22,25)(H,23,26)/p+1. The van der Waals surface area contributed by atoms with Crippen molar-refractivity contribution in [1.29, 1.82) is 0 Å². The van der Waals surface area contributed by atoms with Gasteiger partial charge in [-0.05, 0) is 30.7 Å². The monoisotopic (exact) mass is 386 g/mol. The van der Waals surface area contributed by atoms with Gasteiger partial charge in [0.15, 0.2) is 13.1 Å². The van der Waals surface area contributed by atoms with Gasteiger partial charge in [0.1, 0.15) is 11.5 Å². The largest absolute Gasteiger partial charge is 0.495 e. The first-order valence-electron chi connectivity index (χ1n) is 9.26. The summed E-state index contributed by atoms with van der Waals surface area (Å²) in [6.07, 6.45) is 0.860. The number of carbonyl (C=O) groups excluding carboxylic acids is 2. The lowest BCUT2D eigenvalue weighted by Crippen LogP contribution is -3.14. The van der Waals surface area contributed by atoms with E-state index in [4.69, 9.17) is 9.47 Å². The average molecular weight is 386 g/mol. The van der Waals surface area contributed by atoms with E-state index in [9.17, 15) is 9.59 Å². The summed E-state index contributed by atoms with van der Waals surface area (Å²) in [4.78, 5) is 25.8. The molecule has 0 aliphatic carbocycles. The fraction of sp³-hybridized carbons (Fsp3) is 0.333. The van der Waals surface area contributed by atoms with Crippen molar-refractivity contribution in [2.45, 2.75) is 13.3 Å². The summed E-state index contributed by atoms with van der Waals surface area (Å²) in [6, 6.07) is 14.5. The molecule has 0 saturated carbocycles. The Morgan fingerprint density at radius 3 is 1.64 bits per heavy atom. The molecule has 0 atom stereocenters. The van der Waals surface area contributed by atoms with Gasteiger partial charge in [0, 0.05) is 0 Å². The van der Waals surface area contributed by atoms with Crippen LogP contribution >= 0.6 is 0 Å². The van der Waals surface area contributed by atoms with Crippen molar-refractivity contribution in [3.8, 4) is 11.5 Å². The molecule has 0 bridgehead atoms. The molecule has 0 saturated heterocycles. The number of quaternary nitrogens is 1. The van der Waals surface area contributed by atoms with Gasteiger partial charge in [0.25, 0.3) is 11.8 Å². The smallest absolute Gasteiger partial charge is 0.279 e. The Labute approximate surface area is 165 Å². The molecule has 0 radical (unpaired) electrons. The number of rotatable bonds is 10. The number of benzene rings is 2. The zero-order valence-electron chi connectivity index (χ0n) is 16.6. The van der Waals surface area contributed by atoms with Gasteiger partial charge in [-0.1, -0.05) is 31.2 Å². The summed E-state index contributed by atoms with van der Waals surface area (Å²) in [6.45, 7) is 3.10. The van der Waals surface area contributed by atoms with Crippen molar-refractivity contribution in [1.82, 2.24) is 0 Å². The number of hydrogen-bond donors (Lipinski definition) is 3. The lowest BCUT2D eigenvalue weighted by Gasteiger charge is -2.19. The highest BCUT2D eigenvalue weighted by Crippen LogP contribution is 2.23. The van der Waals surface area contributed by atoms with Gasteiger partial charge in [0.2, 0.25) is 0 Å². The molecule has 0 aliphatic rings. The predicted molar refractivity (Wildman–Crippen MR) is 109 cm³/mol. The summed E-state index contributed by atoms with van der Waals surface area (Å²) >= 11 is 0. The van der Waals surface area contributed by atoms with Crippen LogP contribution < -0.4 is 25.0 Å². The van der Waals surface area contributed by atoms with Crippen LogP contribution in [0.3, 0.4) is 0 Å². The molecule has 2 rings (SSSR count). The van der Waals surface area contributed by atoms with E-state index in [0.717, 1.165) is 11.3 Å².